The zero-order valence-electron chi connectivity index (χ0n) is 21.9. The van der Waals surface area contributed by atoms with Crippen molar-refractivity contribution < 1.29 is 23.9 Å². The zero-order chi connectivity index (χ0) is 29.1. The third kappa shape index (κ3) is 4.11. The molecular weight excluding hydrogens is 575 g/mol. The maximum atomic E-state index is 13.9. The molecule has 0 aromatic heterocycles. The Kier molecular flexibility index (Phi) is 6.37. The maximum Gasteiger partial charge on any atom is 0.338 e. The van der Waals surface area contributed by atoms with E-state index in [1.54, 1.807) is 24.3 Å². The molecule has 3 amide bonds. The van der Waals surface area contributed by atoms with Crippen molar-refractivity contribution in [2.45, 2.75) is 11.8 Å². The summed E-state index contributed by atoms with van der Waals surface area (Å²) in [5, 5.41) is 3.24. The number of hydrogen-bond donors (Lipinski definition) is 1. The van der Waals surface area contributed by atoms with Crippen molar-refractivity contribution in [3.63, 3.8) is 0 Å². The smallest absolute Gasteiger partial charge is 0.338 e. The van der Waals surface area contributed by atoms with Gasteiger partial charge in [-0.3, -0.25) is 14.4 Å². The Labute approximate surface area is 251 Å². The third-order valence-electron chi connectivity index (χ3n) is 8.35. The van der Waals surface area contributed by atoms with Crippen LogP contribution in [0.3, 0.4) is 0 Å². The first-order valence-corrected chi connectivity index (χ1v) is 14.2. The van der Waals surface area contributed by atoms with Gasteiger partial charge in [0.1, 0.15) is 0 Å². The van der Waals surface area contributed by atoms with Crippen LogP contribution in [0.4, 0.5) is 11.4 Å². The molecule has 0 radical (unpaired) electrons. The predicted octanol–water partition coefficient (Wildman–Crippen LogP) is 6.19. The van der Waals surface area contributed by atoms with E-state index in [9.17, 15) is 19.2 Å². The number of nitrogens with zero attached hydrogens (tertiary/aromatic N) is 1. The summed E-state index contributed by atoms with van der Waals surface area (Å²) in [6.07, 6.45) is 0. The van der Waals surface area contributed by atoms with E-state index in [1.807, 2.05) is 24.3 Å². The third-order valence-corrected chi connectivity index (χ3v) is 8.90. The van der Waals surface area contributed by atoms with Crippen LogP contribution in [-0.4, -0.2) is 30.3 Å². The second kappa shape index (κ2) is 10.1. The molecule has 9 heteroatoms. The molecule has 7 nitrogen and oxygen atoms in total. The number of ether oxygens (including phenoxy) is 1. The fourth-order valence-corrected chi connectivity index (χ4v) is 7.13. The first kappa shape index (κ1) is 26.4. The standard InChI is InChI=1S/C33H22Cl2N2O5/c34-18-11-14-25(24(35)15-18)36-26(38)16-42-33(41)17-9-12-19(13-10-17)37-31(39)29-27-20-5-1-2-6-21(20)28(30(29)32(37)40)23-8-4-3-7-22(23)27/h1-15,27-30H,16H2,(H,36,38)/t27?,28?,29-,30-/m1/s1. The van der Waals surface area contributed by atoms with Crippen LogP contribution in [0.1, 0.15) is 44.4 Å². The van der Waals surface area contributed by atoms with Gasteiger partial charge in [0.05, 0.1) is 33.8 Å². The van der Waals surface area contributed by atoms with Gasteiger partial charge < -0.3 is 10.1 Å². The van der Waals surface area contributed by atoms with E-state index in [-0.39, 0.29) is 34.2 Å². The SMILES string of the molecule is O=C(COC(=O)c1ccc(N2C(=O)[C@@H]3C4c5ccccc5C(c5ccccc54)[C@H]3C2=O)cc1)Nc1ccc(Cl)cc1Cl. The van der Waals surface area contributed by atoms with Crippen LogP contribution in [0.2, 0.25) is 10.0 Å². The number of halogens is 2. The molecule has 208 valence electrons. The minimum Gasteiger partial charge on any atom is -0.452 e. The van der Waals surface area contributed by atoms with Crippen molar-refractivity contribution in [1.82, 2.24) is 0 Å². The van der Waals surface area contributed by atoms with E-state index < -0.39 is 30.3 Å². The van der Waals surface area contributed by atoms with Gasteiger partial charge in [0.25, 0.3) is 5.91 Å². The van der Waals surface area contributed by atoms with E-state index in [4.69, 9.17) is 27.9 Å². The van der Waals surface area contributed by atoms with Gasteiger partial charge in [-0.2, -0.15) is 0 Å². The van der Waals surface area contributed by atoms with Crippen LogP contribution in [0.25, 0.3) is 0 Å². The summed E-state index contributed by atoms with van der Waals surface area (Å²) in [6, 6.07) is 26.8. The van der Waals surface area contributed by atoms with Crippen LogP contribution < -0.4 is 10.2 Å². The lowest BCUT2D eigenvalue weighted by Gasteiger charge is -2.45. The molecule has 1 fully saturated rings. The van der Waals surface area contributed by atoms with Gasteiger partial charge >= 0.3 is 5.97 Å². The Balaban J connectivity index is 1.08. The van der Waals surface area contributed by atoms with E-state index in [1.165, 1.54) is 23.1 Å². The molecule has 0 saturated carbocycles. The van der Waals surface area contributed by atoms with Crippen molar-refractivity contribution in [2.24, 2.45) is 11.8 Å². The molecule has 2 atom stereocenters. The highest BCUT2D eigenvalue weighted by molar-refractivity contribution is 6.36. The molecule has 1 aliphatic heterocycles. The van der Waals surface area contributed by atoms with Crippen LogP contribution in [0.5, 0.6) is 0 Å². The molecule has 4 aliphatic rings. The molecule has 1 N–H and O–H groups in total. The molecule has 8 rings (SSSR count). The molecule has 3 aliphatic carbocycles. The quantitative estimate of drug-likeness (QED) is 0.219. The summed E-state index contributed by atoms with van der Waals surface area (Å²) in [5.41, 5.74) is 5.31. The highest BCUT2D eigenvalue weighted by atomic mass is 35.5. The Morgan fingerprint density at radius 3 is 1.76 bits per heavy atom. The Hall–Kier alpha value is -4.46. The van der Waals surface area contributed by atoms with E-state index in [2.05, 4.69) is 29.6 Å². The Morgan fingerprint density at radius 2 is 1.26 bits per heavy atom. The number of amides is 3. The van der Waals surface area contributed by atoms with Crippen molar-refractivity contribution in [2.75, 3.05) is 16.8 Å². The molecule has 42 heavy (non-hydrogen) atoms. The normalized spacial score (nSPS) is 21.4. The van der Waals surface area contributed by atoms with E-state index in [0.29, 0.717) is 16.4 Å². The Bertz CT molecular complexity index is 1690. The van der Waals surface area contributed by atoms with Gasteiger partial charge in [-0.25, -0.2) is 9.69 Å². The fraction of sp³-hybridized carbons (Fsp3) is 0.152. The molecule has 0 spiro atoms. The molecule has 1 saturated heterocycles. The molecule has 4 aromatic rings. The Morgan fingerprint density at radius 1 is 0.738 bits per heavy atom. The van der Waals surface area contributed by atoms with Gasteiger partial charge in [-0.05, 0) is 64.7 Å². The van der Waals surface area contributed by atoms with Crippen molar-refractivity contribution >= 4 is 58.3 Å². The summed E-state index contributed by atoms with van der Waals surface area (Å²) in [7, 11) is 0. The lowest BCUT2D eigenvalue weighted by Crippen LogP contribution is -2.41. The molecule has 4 aromatic carbocycles. The van der Waals surface area contributed by atoms with Crippen LogP contribution >= 0.6 is 23.2 Å². The van der Waals surface area contributed by atoms with Crippen molar-refractivity contribution in [3.05, 3.63) is 129 Å². The summed E-state index contributed by atoms with van der Waals surface area (Å²) in [6.45, 7) is -0.532. The van der Waals surface area contributed by atoms with E-state index >= 15 is 0 Å². The van der Waals surface area contributed by atoms with Gasteiger partial charge in [0, 0.05) is 16.9 Å². The second-order valence-corrected chi connectivity index (χ2v) is 11.4. The number of esters is 1. The van der Waals surface area contributed by atoms with Gasteiger partial charge in [0.15, 0.2) is 6.61 Å². The summed E-state index contributed by atoms with van der Waals surface area (Å²) >= 11 is 11.9. The first-order valence-electron chi connectivity index (χ1n) is 13.4. The van der Waals surface area contributed by atoms with Crippen LogP contribution in [-0.2, 0) is 19.1 Å². The predicted molar refractivity (Wildman–Crippen MR) is 158 cm³/mol. The summed E-state index contributed by atoms with van der Waals surface area (Å²) < 4.78 is 5.15. The maximum absolute atomic E-state index is 13.9. The number of carbonyl (C=O) groups is 4. The number of nitrogens with one attached hydrogen (secondary N) is 1. The summed E-state index contributed by atoms with van der Waals surface area (Å²) in [4.78, 5) is 54.0. The topological polar surface area (TPSA) is 92.8 Å². The fourth-order valence-electron chi connectivity index (χ4n) is 6.67. The number of carbonyl (C=O) groups excluding carboxylic acids is 4. The molecular formula is C33H22Cl2N2O5. The van der Waals surface area contributed by atoms with Crippen LogP contribution in [0, 0.1) is 11.8 Å². The minimum absolute atomic E-state index is 0.174. The number of hydrogen-bond acceptors (Lipinski definition) is 5. The van der Waals surface area contributed by atoms with Gasteiger partial charge in [-0.15, -0.1) is 0 Å². The monoisotopic (exact) mass is 596 g/mol. The molecule has 2 bridgehead atoms. The van der Waals surface area contributed by atoms with Gasteiger partial charge in [-0.1, -0.05) is 71.7 Å². The van der Waals surface area contributed by atoms with Crippen molar-refractivity contribution in [1.29, 1.82) is 0 Å². The number of anilines is 2. The zero-order valence-corrected chi connectivity index (χ0v) is 23.4. The first-order chi connectivity index (χ1) is 20.3. The molecule has 0 unspecified atom stereocenters. The van der Waals surface area contributed by atoms with E-state index in [0.717, 1.165) is 22.3 Å². The minimum atomic E-state index is -0.726. The van der Waals surface area contributed by atoms with Gasteiger partial charge in [0.2, 0.25) is 11.8 Å². The highest BCUT2D eigenvalue weighted by Gasteiger charge is 2.61. The largest absolute Gasteiger partial charge is 0.452 e. The highest BCUT2D eigenvalue weighted by Crippen LogP contribution is 2.61. The lowest BCUT2D eigenvalue weighted by molar-refractivity contribution is -0.122. The lowest BCUT2D eigenvalue weighted by atomic mass is 9.55. The average molecular weight is 597 g/mol. The number of benzene rings is 4. The summed E-state index contributed by atoms with van der Waals surface area (Å²) in [5.74, 6) is -3.16. The molecule has 1 heterocycles. The number of imide groups is 1. The van der Waals surface area contributed by atoms with Crippen LogP contribution in [0.15, 0.2) is 91.0 Å². The average Bonchev–Trinajstić information content (AvgIpc) is 3.27. The van der Waals surface area contributed by atoms with Crippen molar-refractivity contribution in [3.8, 4) is 0 Å². The number of rotatable bonds is 5. The second-order valence-electron chi connectivity index (χ2n) is 10.6.